The molecule has 2 aromatic heterocycles. The minimum absolute atomic E-state index is 0.523. The molecule has 23 heavy (non-hydrogen) atoms. The van der Waals surface area contributed by atoms with Crippen LogP contribution >= 0.6 is 11.3 Å². The van der Waals surface area contributed by atoms with Crippen LogP contribution in [0.3, 0.4) is 0 Å². The van der Waals surface area contributed by atoms with E-state index < -0.39 is 0 Å². The summed E-state index contributed by atoms with van der Waals surface area (Å²) in [6.07, 6.45) is 4.61. The van der Waals surface area contributed by atoms with Gasteiger partial charge in [0.2, 0.25) is 0 Å². The van der Waals surface area contributed by atoms with Crippen molar-refractivity contribution >= 4 is 27.2 Å². The number of fused-ring (bicyclic) bond motifs is 1. The molecular formula is C18H20N4S. The zero-order valence-corrected chi connectivity index (χ0v) is 14.0. The van der Waals surface area contributed by atoms with E-state index >= 15 is 0 Å². The molecule has 1 aliphatic heterocycles. The molecule has 1 fully saturated rings. The molecule has 0 spiro atoms. The lowest BCUT2D eigenvalue weighted by atomic mass is 10.2. The number of benzene rings is 1. The SMILES string of the molecule is CN(c1ccncn1)C1CCN(Cc2csc3ccccc23)C1. The molecule has 1 atom stereocenters. The number of aromatic nitrogens is 2. The molecule has 1 aromatic carbocycles. The molecule has 3 aromatic rings. The molecule has 0 saturated carbocycles. The molecule has 0 amide bonds. The summed E-state index contributed by atoms with van der Waals surface area (Å²) in [5.41, 5.74) is 1.45. The molecule has 0 aliphatic carbocycles. The first-order valence-electron chi connectivity index (χ1n) is 7.97. The summed E-state index contributed by atoms with van der Waals surface area (Å²) in [6, 6.07) is 11.2. The van der Waals surface area contributed by atoms with E-state index in [0.717, 1.165) is 25.5 Å². The van der Waals surface area contributed by atoms with Crippen molar-refractivity contribution in [3.05, 3.63) is 53.8 Å². The summed E-state index contributed by atoms with van der Waals surface area (Å²) in [6.45, 7) is 3.27. The van der Waals surface area contributed by atoms with E-state index in [4.69, 9.17) is 0 Å². The second kappa shape index (κ2) is 6.26. The van der Waals surface area contributed by atoms with Crippen LogP contribution in [-0.2, 0) is 6.54 Å². The van der Waals surface area contributed by atoms with Crippen molar-refractivity contribution in [2.75, 3.05) is 25.0 Å². The van der Waals surface area contributed by atoms with E-state index in [0.29, 0.717) is 6.04 Å². The maximum atomic E-state index is 4.36. The van der Waals surface area contributed by atoms with Crippen molar-refractivity contribution in [2.45, 2.75) is 19.0 Å². The van der Waals surface area contributed by atoms with Crippen molar-refractivity contribution in [3.63, 3.8) is 0 Å². The van der Waals surface area contributed by atoms with Gasteiger partial charge >= 0.3 is 0 Å². The largest absolute Gasteiger partial charge is 0.355 e. The Labute approximate surface area is 140 Å². The smallest absolute Gasteiger partial charge is 0.131 e. The van der Waals surface area contributed by atoms with Crippen LogP contribution in [0.2, 0.25) is 0 Å². The predicted molar refractivity (Wildman–Crippen MR) is 95.9 cm³/mol. The molecule has 0 radical (unpaired) electrons. The Morgan fingerprint density at radius 3 is 3.09 bits per heavy atom. The summed E-state index contributed by atoms with van der Waals surface area (Å²) in [7, 11) is 2.14. The predicted octanol–water partition coefficient (Wildman–Crippen LogP) is 3.40. The average Bonchev–Trinajstić information content (AvgIpc) is 3.23. The first-order chi connectivity index (χ1) is 11.3. The Bertz CT molecular complexity index is 786. The fourth-order valence-electron chi connectivity index (χ4n) is 3.35. The third-order valence-electron chi connectivity index (χ3n) is 4.68. The standard InChI is InChI=1S/C18H20N4S/c1-21(18-6-8-19-13-20-18)15-7-9-22(11-15)10-14-12-23-17-5-3-2-4-16(14)17/h2-6,8,12-13,15H,7,9-11H2,1H3. The number of rotatable bonds is 4. The number of thiophene rings is 1. The Morgan fingerprint density at radius 1 is 1.30 bits per heavy atom. The van der Waals surface area contributed by atoms with Crippen LogP contribution in [0, 0.1) is 0 Å². The molecule has 1 aliphatic rings. The van der Waals surface area contributed by atoms with Gasteiger partial charge in [-0.05, 0) is 34.9 Å². The normalized spacial score (nSPS) is 18.6. The van der Waals surface area contributed by atoms with Gasteiger partial charge in [-0.25, -0.2) is 9.97 Å². The van der Waals surface area contributed by atoms with E-state index in [-0.39, 0.29) is 0 Å². The number of likely N-dealkylation sites (N-methyl/N-ethyl adjacent to an activating group) is 1. The van der Waals surface area contributed by atoms with Crippen molar-refractivity contribution < 1.29 is 0 Å². The third kappa shape index (κ3) is 2.94. The van der Waals surface area contributed by atoms with Gasteiger partial charge in [-0.2, -0.15) is 0 Å². The van der Waals surface area contributed by atoms with Crippen molar-refractivity contribution in [1.82, 2.24) is 14.9 Å². The number of nitrogens with zero attached hydrogens (tertiary/aromatic N) is 4. The van der Waals surface area contributed by atoms with Crippen molar-refractivity contribution in [3.8, 4) is 0 Å². The first kappa shape index (κ1) is 14.6. The van der Waals surface area contributed by atoms with E-state index in [1.807, 2.05) is 23.6 Å². The average molecular weight is 324 g/mol. The molecule has 1 unspecified atom stereocenters. The highest BCUT2D eigenvalue weighted by molar-refractivity contribution is 7.17. The Kier molecular flexibility index (Phi) is 3.97. The van der Waals surface area contributed by atoms with Gasteiger partial charge in [0.15, 0.2) is 0 Å². The zero-order valence-electron chi connectivity index (χ0n) is 13.2. The van der Waals surface area contributed by atoms with Gasteiger partial charge in [-0.15, -0.1) is 11.3 Å². The first-order valence-corrected chi connectivity index (χ1v) is 8.85. The van der Waals surface area contributed by atoms with Crippen LogP contribution in [-0.4, -0.2) is 41.0 Å². The maximum Gasteiger partial charge on any atom is 0.131 e. The Hall–Kier alpha value is -1.98. The van der Waals surface area contributed by atoms with Crippen LogP contribution in [0.15, 0.2) is 48.2 Å². The number of anilines is 1. The molecular weight excluding hydrogens is 304 g/mol. The summed E-state index contributed by atoms with van der Waals surface area (Å²) in [4.78, 5) is 13.2. The topological polar surface area (TPSA) is 32.3 Å². The number of hydrogen-bond donors (Lipinski definition) is 0. The molecule has 0 N–H and O–H groups in total. The molecule has 4 rings (SSSR count). The molecule has 1 saturated heterocycles. The Morgan fingerprint density at radius 2 is 2.22 bits per heavy atom. The fraction of sp³-hybridized carbons (Fsp3) is 0.333. The minimum atomic E-state index is 0.523. The van der Waals surface area contributed by atoms with E-state index in [2.05, 4.69) is 56.5 Å². The Balaban J connectivity index is 1.44. The second-order valence-corrected chi connectivity index (χ2v) is 7.02. The van der Waals surface area contributed by atoms with Gasteiger partial charge in [0.1, 0.15) is 12.1 Å². The quantitative estimate of drug-likeness (QED) is 0.736. The molecule has 3 heterocycles. The van der Waals surface area contributed by atoms with E-state index in [1.54, 1.807) is 6.33 Å². The molecule has 5 heteroatoms. The summed E-state index contributed by atoms with van der Waals surface area (Å²) >= 11 is 1.85. The van der Waals surface area contributed by atoms with Gasteiger partial charge in [-0.3, -0.25) is 4.90 Å². The third-order valence-corrected chi connectivity index (χ3v) is 5.69. The molecule has 4 nitrogen and oxygen atoms in total. The number of hydrogen-bond acceptors (Lipinski definition) is 5. The van der Waals surface area contributed by atoms with Crippen LogP contribution in [0.4, 0.5) is 5.82 Å². The summed E-state index contributed by atoms with van der Waals surface area (Å²) < 4.78 is 1.39. The maximum absolute atomic E-state index is 4.36. The highest BCUT2D eigenvalue weighted by atomic mass is 32.1. The molecule has 0 bridgehead atoms. The summed E-state index contributed by atoms with van der Waals surface area (Å²) in [5.74, 6) is 1.01. The van der Waals surface area contributed by atoms with Crippen LogP contribution in [0.1, 0.15) is 12.0 Å². The molecule has 118 valence electrons. The fourth-order valence-corrected chi connectivity index (χ4v) is 4.30. The highest BCUT2D eigenvalue weighted by Gasteiger charge is 2.26. The van der Waals surface area contributed by atoms with Gasteiger partial charge in [0, 0.05) is 43.6 Å². The van der Waals surface area contributed by atoms with Gasteiger partial charge in [0.05, 0.1) is 0 Å². The zero-order chi connectivity index (χ0) is 15.6. The second-order valence-electron chi connectivity index (χ2n) is 6.11. The van der Waals surface area contributed by atoms with Crippen LogP contribution in [0.5, 0.6) is 0 Å². The lowest BCUT2D eigenvalue weighted by Gasteiger charge is -2.25. The minimum Gasteiger partial charge on any atom is -0.355 e. The highest BCUT2D eigenvalue weighted by Crippen LogP contribution is 2.28. The van der Waals surface area contributed by atoms with E-state index in [1.165, 1.54) is 22.1 Å². The summed E-state index contributed by atoms with van der Waals surface area (Å²) in [5, 5.41) is 3.72. The van der Waals surface area contributed by atoms with Gasteiger partial charge in [-0.1, -0.05) is 18.2 Å². The monoisotopic (exact) mass is 324 g/mol. The van der Waals surface area contributed by atoms with Crippen LogP contribution < -0.4 is 4.90 Å². The lowest BCUT2D eigenvalue weighted by Crippen LogP contribution is -2.34. The number of likely N-dealkylation sites (tertiary alicyclic amines) is 1. The van der Waals surface area contributed by atoms with Crippen molar-refractivity contribution in [2.24, 2.45) is 0 Å². The van der Waals surface area contributed by atoms with E-state index in [9.17, 15) is 0 Å². The van der Waals surface area contributed by atoms with Crippen LogP contribution in [0.25, 0.3) is 10.1 Å². The van der Waals surface area contributed by atoms with Gasteiger partial charge in [0.25, 0.3) is 0 Å². The lowest BCUT2D eigenvalue weighted by molar-refractivity contribution is 0.327. The van der Waals surface area contributed by atoms with Crippen molar-refractivity contribution in [1.29, 1.82) is 0 Å². The van der Waals surface area contributed by atoms with Gasteiger partial charge < -0.3 is 4.90 Å².